The Morgan fingerprint density at radius 2 is 1.95 bits per heavy atom. The monoisotopic (exact) mass is 297 g/mol. The Bertz CT molecular complexity index is 549. The molecule has 0 radical (unpaired) electrons. The molecule has 0 aromatic heterocycles. The van der Waals surface area contributed by atoms with E-state index in [1.807, 2.05) is 18.2 Å². The van der Waals surface area contributed by atoms with Crippen molar-refractivity contribution in [2.75, 3.05) is 5.75 Å². The van der Waals surface area contributed by atoms with Gasteiger partial charge in [-0.05, 0) is 30.0 Å². The fourth-order valence-electron chi connectivity index (χ4n) is 2.40. The molecule has 1 aliphatic carbocycles. The highest BCUT2D eigenvalue weighted by Crippen LogP contribution is 2.31. The molecule has 106 valence electrons. The average Bonchev–Trinajstić information content (AvgIpc) is 2.69. The highest BCUT2D eigenvalue weighted by atomic mass is 32.2. The van der Waals surface area contributed by atoms with Crippen LogP contribution in [0.2, 0.25) is 25.7 Å². The summed E-state index contributed by atoms with van der Waals surface area (Å²) >= 11 is 0. The van der Waals surface area contributed by atoms with E-state index in [0.717, 1.165) is 24.4 Å². The van der Waals surface area contributed by atoms with Crippen LogP contribution < -0.4 is 4.72 Å². The van der Waals surface area contributed by atoms with Crippen molar-refractivity contribution in [3.05, 3.63) is 35.4 Å². The Kier molecular flexibility index (Phi) is 4.18. The molecule has 3 nitrogen and oxygen atoms in total. The summed E-state index contributed by atoms with van der Waals surface area (Å²) < 4.78 is 27.2. The molecule has 5 heteroatoms. The third-order valence-electron chi connectivity index (χ3n) is 3.58. The summed E-state index contributed by atoms with van der Waals surface area (Å²) in [6.07, 6.45) is 1.85. The van der Waals surface area contributed by atoms with Gasteiger partial charge in [0.25, 0.3) is 0 Å². The van der Waals surface area contributed by atoms with Crippen LogP contribution in [0.25, 0.3) is 0 Å². The average molecular weight is 297 g/mol. The zero-order valence-electron chi connectivity index (χ0n) is 11.9. The summed E-state index contributed by atoms with van der Waals surface area (Å²) in [6.45, 7) is 6.61. The lowest BCUT2D eigenvalue weighted by molar-refractivity contribution is 0.555. The molecule has 0 fully saturated rings. The predicted octanol–water partition coefficient (Wildman–Crippen LogP) is 2.93. The van der Waals surface area contributed by atoms with Crippen molar-refractivity contribution < 1.29 is 8.42 Å². The molecule has 0 spiro atoms. The van der Waals surface area contributed by atoms with Crippen molar-refractivity contribution in [1.29, 1.82) is 0 Å². The quantitative estimate of drug-likeness (QED) is 0.849. The topological polar surface area (TPSA) is 46.2 Å². The van der Waals surface area contributed by atoms with Crippen molar-refractivity contribution in [2.24, 2.45) is 0 Å². The number of nitrogens with one attached hydrogen (secondary N) is 1. The van der Waals surface area contributed by atoms with Crippen molar-refractivity contribution >= 4 is 18.1 Å². The Morgan fingerprint density at radius 3 is 2.63 bits per heavy atom. The van der Waals surface area contributed by atoms with Gasteiger partial charge in [-0.3, -0.25) is 0 Å². The summed E-state index contributed by atoms with van der Waals surface area (Å²) in [4.78, 5) is 0. The maximum Gasteiger partial charge on any atom is 0.211 e. The third-order valence-corrected chi connectivity index (χ3v) is 7.07. The Hall–Kier alpha value is -0.653. The van der Waals surface area contributed by atoms with Gasteiger partial charge >= 0.3 is 0 Å². The lowest BCUT2D eigenvalue weighted by atomic mass is 10.1. The van der Waals surface area contributed by atoms with Crippen molar-refractivity contribution in [1.82, 2.24) is 4.72 Å². The van der Waals surface area contributed by atoms with Gasteiger partial charge in [-0.1, -0.05) is 43.9 Å². The van der Waals surface area contributed by atoms with Crippen molar-refractivity contribution in [3.8, 4) is 0 Å². The second-order valence-electron chi connectivity index (χ2n) is 6.54. The SMILES string of the molecule is C[Si](C)(C)CCS(=O)(=O)NC1CCc2ccccc21. The molecule has 1 aromatic carbocycles. The van der Waals surface area contributed by atoms with Crippen LogP contribution in [-0.4, -0.2) is 22.2 Å². The number of benzene rings is 1. The van der Waals surface area contributed by atoms with Gasteiger partial charge in [0.1, 0.15) is 0 Å². The van der Waals surface area contributed by atoms with E-state index in [-0.39, 0.29) is 11.8 Å². The summed E-state index contributed by atoms with van der Waals surface area (Å²) in [5.41, 5.74) is 2.43. The van der Waals surface area contributed by atoms with Crippen LogP contribution in [-0.2, 0) is 16.4 Å². The van der Waals surface area contributed by atoms with Gasteiger partial charge in [-0.2, -0.15) is 0 Å². The molecule has 0 aliphatic heterocycles. The minimum atomic E-state index is -3.16. The normalized spacial score (nSPS) is 19.4. The zero-order valence-corrected chi connectivity index (χ0v) is 13.8. The Morgan fingerprint density at radius 1 is 1.26 bits per heavy atom. The van der Waals surface area contributed by atoms with Gasteiger partial charge in [0, 0.05) is 14.1 Å². The number of fused-ring (bicyclic) bond motifs is 1. The zero-order chi connectivity index (χ0) is 14.1. The first-order chi connectivity index (χ1) is 8.77. The molecule has 0 amide bonds. The number of hydrogen-bond donors (Lipinski definition) is 1. The largest absolute Gasteiger partial charge is 0.212 e. The Balaban J connectivity index is 2.02. The van der Waals surface area contributed by atoms with E-state index in [0.29, 0.717) is 0 Å². The maximum atomic E-state index is 12.2. The number of sulfonamides is 1. The van der Waals surface area contributed by atoms with E-state index >= 15 is 0 Å². The molecular formula is C14H23NO2SSi. The second-order valence-corrected chi connectivity index (χ2v) is 14.0. The first kappa shape index (κ1) is 14.7. The van der Waals surface area contributed by atoms with Crippen LogP contribution in [0.1, 0.15) is 23.6 Å². The van der Waals surface area contributed by atoms with Crippen LogP contribution in [0, 0.1) is 0 Å². The smallest absolute Gasteiger partial charge is 0.211 e. The lowest BCUT2D eigenvalue weighted by Gasteiger charge is -2.18. The minimum absolute atomic E-state index is 0.0252. The first-order valence-corrected chi connectivity index (χ1v) is 12.2. The molecule has 19 heavy (non-hydrogen) atoms. The van der Waals surface area contributed by atoms with Crippen LogP contribution >= 0.6 is 0 Å². The van der Waals surface area contributed by atoms with Gasteiger partial charge in [-0.15, -0.1) is 0 Å². The number of hydrogen-bond acceptors (Lipinski definition) is 2. The molecule has 1 aliphatic rings. The summed E-state index contributed by atoms with van der Waals surface area (Å²) in [6, 6.07) is 8.91. The molecule has 0 saturated heterocycles. The summed E-state index contributed by atoms with van der Waals surface area (Å²) in [5, 5.41) is 0. The second kappa shape index (κ2) is 5.38. The Labute approximate surface area is 117 Å². The molecule has 1 aromatic rings. The molecular weight excluding hydrogens is 274 g/mol. The molecule has 0 heterocycles. The van der Waals surface area contributed by atoms with Gasteiger partial charge in [0.05, 0.1) is 5.75 Å². The van der Waals surface area contributed by atoms with Gasteiger partial charge in [0.2, 0.25) is 10.0 Å². The summed E-state index contributed by atoms with van der Waals surface area (Å²) in [5.74, 6) is 0.265. The number of aryl methyl sites for hydroxylation is 1. The van der Waals surface area contributed by atoms with E-state index in [1.54, 1.807) is 0 Å². The van der Waals surface area contributed by atoms with E-state index in [4.69, 9.17) is 0 Å². The molecule has 1 N–H and O–H groups in total. The lowest BCUT2D eigenvalue weighted by Crippen LogP contribution is -2.33. The first-order valence-electron chi connectivity index (χ1n) is 6.85. The fraction of sp³-hybridized carbons (Fsp3) is 0.571. The minimum Gasteiger partial charge on any atom is -0.212 e. The molecule has 0 bridgehead atoms. The highest BCUT2D eigenvalue weighted by Gasteiger charge is 2.27. The van der Waals surface area contributed by atoms with E-state index in [1.165, 1.54) is 5.56 Å². The van der Waals surface area contributed by atoms with E-state index in [9.17, 15) is 8.42 Å². The third kappa shape index (κ3) is 4.16. The van der Waals surface area contributed by atoms with Crippen molar-refractivity contribution in [3.63, 3.8) is 0 Å². The van der Waals surface area contributed by atoms with E-state index in [2.05, 4.69) is 30.4 Å². The molecule has 0 saturated carbocycles. The number of rotatable bonds is 5. The van der Waals surface area contributed by atoms with Gasteiger partial charge in [-0.25, -0.2) is 13.1 Å². The van der Waals surface area contributed by atoms with Gasteiger partial charge < -0.3 is 0 Å². The van der Waals surface area contributed by atoms with Gasteiger partial charge in [0.15, 0.2) is 0 Å². The fourth-order valence-corrected chi connectivity index (χ4v) is 6.72. The standard InChI is InChI=1S/C14H23NO2SSi/c1-19(2,3)11-10-18(16,17)15-14-9-8-12-6-4-5-7-13(12)14/h4-7,14-15H,8-11H2,1-3H3. The maximum absolute atomic E-state index is 12.2. The van der Waals surface area contributed by atoms with Crippen molar-refractivity contribution in [2.45, 2.75) is 44.6 Å². The van der Waals surface area contributed by atoms with E-state index < -0.39 is 18.1 Å². The summed E-state index contributed by atoms with van der Waals surface area (Å²) in [7, 11) is -4.47. The molecule has 1 unspecified atom stereocenters. The molecule has 1 atom stereocenters. The molecule has 2 rings (SSSR count). The van der Waals surface area contributed by atoms with Crippen LogP contribution in [0.15, 0.2) is 24.3 Å². The van der Waals surface area contributed by atoms with Crippen LogP contribution in [0.5, 0.6) is 0 Å². The van der Waals surface area contributed by atoms with Crippen LogP contribution in [0.4, 0.5) is 0 Å². The highest BCUT2D eigenvalue weighted by molar-refractivity contribution is 7.89. The van der Waals surface area contributed by atoms with Crippen LogP contribution in [0.3, 0.4) is 0 Å². The predicted molar refractivity (Wildman–Crippen MR) is 82.6 cm³/mol.